The number of methoxy groups -OCH3 is 1. The Morgan fingerprint density at radius 1 is 1.03 bits per heavy atom. The maximum absolute atomic E-state index is 12.8. The van der Waals surface area contributed by atoms with Crippen LogP contribution in [0.3, 0.4) is 0 Å². The second-order valence-corrected chi connectivity index (χ2v) is 8.64. The highest BCUT2D eigenvalue weighted by molar-refractivity contribution is 5.79. The van der Waals surface area contributed by atoms with Crippen LogP contribution in [0.25, 0.3) is 17.0 Å². The Hall–Kier alpha value is -3.94. The topological polar surface area (TPSA) is 84.6 Å². The highest BCUT2D eigenvalue weighted by Crippen LogP contribution is 2.25. The number of rotatable bonds is 6. The van der Waals surface area contributed by atoms with Crippen molar-refractivity contribution in [1.82, 2.24) is 25.1 Å². The van der Waals surface area contributed by atoms with Crippen LogP contribution in [0.2, 0.25) is 0 Å². The molecule has 1 aliphatic heterocycles. The number of hydrogen-bond acceptors (Lipinski definition) is 6. The van der Waals surface area contributed by atoms with E-state index in [9.17, 15) is 4.79 Å². The van der Waals surface area contributed by atoms with E-state index in [1.54, 1.807) is 11.6 Å². The molecule has 0 bridgehead atoms. The Balaban J connectivity index is 1.23. The number of carbonyl (C=O) groups excluding carboxylic acids is 1. The first-order chi connectivity index (χ1) is 16.6. The van der Waals surface area contributed by atoms with Crippen molar-refractivity contribution >= 4 is 17.4 Å². The average molecular weight is 457 g/mol. The molecule has 0 saturated carbocycles. The molecule has 8 nitrogen and oxygen atoms in total. The standard InChI is InChI=1S/C26H28N6O2/c1-18-7-9-19(10-8-18)25-29-28-23-11-12-24(30-32(23)25)31-15-13-20(14-16-31)26(33)27-17-21-5-3-4-6-22(21)34-2/h3-12,20H,13-17H2,1-2H3,(H,27,33). The van der Waals surface area contributed by atoms with Crippen LogP contribution in [-0.2, 0) is 11.3 Å². The van der Waals surface area contributed by atoms with Crippen LogP contribution in [0.4, 0.5) is 5.82 Å². The molecule has 0 atom stereocenters. The van der Waals surface area contributed by atoms with Crippen LogP contribution in [0.15, 0.2) is 60.7 Å². The van der Waals surface area contributed by atoms with E-state index < -0.39 is 0 Å². The second kappa shape index (κ2) is 9.51. The molecule has 1 fully saturated rings. The summed E-state index contributed by atoms with van der Waals surface area (Å²) in [5, 5.41) is 16.5. The van der Waals surface area contributed by atoms with Gasteiger partial charge < -0.3 is 15.0 Å². The number of hydrogen-bond donors (Lipinski definition) is 1. The molecule has 3 heterocycles. The number of fused-ring (bicyclic) bond motifs is 1. The second-order valence-electron chi connectivity index (χ2n) is 8.64. The van der Waals surface area contributed by atoms with Gasteiger partial charge in [-0.1, -0.05) is 48.0 Å². The molecule has 1 N–H and O–H groups in total. The van der Waals surface area contributed by atoms with E-state index in [1.807, 2.05) is 48.5 Å². The smallest absolute Gasteiger partial charge is 0.223 e. The number of ether oxygens (including phenoxy) is 1. The van der Waals surface area contributed by atoms with Gasteiger partial charge in [-0.2, -0.15) is 4.52 Å². The van der Waals surface area contributed by atoms with Gasteiger partial charge in [0.1, 0.15) is 11.6 Å². The van der Waals surface area contributed by atoms with Gasteiger partial charge in [0.2, 0.25) is 5.91 Å². The predicted octanol–water partition coefficient (Wildman–Crippen LogP) is 3.64. The molecule has 0 radical (unpaired) electrons. The molecule has 34 heavy (non-hydrogen) atoms. The Morgan fingerprint density at radius 3 is 2.56 bits per heavy atom. The Morgan fingerprint density at radius 2 is 1.79 bits per heavy atom. The number of nitrogens with one attached hydrogen (secondary N) is 1. The Kier molecular flexibility index (Phi) is 6.12. The van der Waals surface area contributed by atoms with E-state index in [1.165, 1.54) is 5.56 Å². The lowest BCUT2D eigenvalue weighted by Crippen LogP contribution is -2.40. The zero-order valence-corrected chi connectivity index (χ0v) is 19.4. The number of benzene rings is 2. The zero-order chi connectivity index (χ0) is 23.5. The number of carbonyl (C=O) groups is 1. The molecule has 5 rings (SSSR count). The lowest BCUT2D eigenvalue weighted by molar-refractivity contribution is -0.125. The SMILES string of the molecule is COc1ccccc1CNC(=O)C1CCN(c2ccc3nnc(-c4ccc(C)cc4)n3n2)CC1. The molecular weight excluding hydrogens is 428 g/mol. The maximum Gasteiger partial charge on any atom is 0.223 e. The van der Waals surface area contributed by atoms with Gasteiger partial charge in [0.25, 0.3) is 0 Å². The summed E-state index contributed by atoms with van der Waals surface area (Å²) in [5.41, 5.74) is 3.87. The summed E-state index contributed by atoms with van der Waals surface area (Å²) in [6.45, 7) is 4.07. The van der Waals surface area contributed by atoms with E-state index in [0.29, 0.717) is 12.2 Å². The number of anilines is 1. The molecule has 0 aliphatic carbocycles. The van der Waals surface area contributed by atoms with Crippen molar-refractivity contribution in [2.45, 2.75) is 26.3 Å². The van der Waals surface area contributed by atoms with Crippen LogP contribution in [-0.4, -0.2) is 45.9 Å². The van der Waals surface area contributed by atoms with Crippen molar-refractivity contribution in [2.24, 2.45) is 5.92 Å². The minimum atomic E-state index is -0.00674. The van der Waals surface area contributed by atoms with Crippen molar-refractivity contribution in [1.29, 1.82) is 0 Å². The molecule has 4 aromatic rings. The van der Waals surface area contributed by atoms with Crippen molar-refractivity contribution in [2.75, 3.05) is 25.1 Å². The monoisotopic (exact) mass is 456 g/mol. The number of piperidine rings is 1. The highest BCUT2D eigenvalue weighted by Gasteiger charge is 2.26. The van der Waals surface area contributed by atoms with E-state index in [4.69, 9.17) is 9.84 Å². The highest BCUT2D eigenvalue weighted by atomic mass is 16.5. The summed E-state index contributed by atoms with van der Waals surface area (Å²) in [7, 11) is 1.64. The fraction of sp³-hybridized carbons (Fsp3) is 0.308. The number of aryl methyl sites for hydroxylation is 1. The van der Waals surface area contributed by atoms with Crippen LogP contribution >= 0.6 is 0 Å². The largest absolute Gasteiger partial charge is 0.496 e. The normalized spacial score (nSPS) is 14.4. The van der Waals surface area contributed by atoms with Gasteiger partial charge in [0.15, 0.2) is 11.5 Å². The molecule has 0 spiro atoms. The first-order valence-electron chi connectivity index (χ1n) is 11.6. The van der Waals surface area contributed by atoms with Gasteiger partial charge in [-0.15, -0.1) is 15.3 Å². The maximum atomic E-state index is 12.8. The number of amides is 1. The van der Waals surface area contributed by atoms with E-state index in [0.717, 1.165) is 54.4 Å². The number of para-hydroxylation sites is 1. The summed E-state index contributed by atoms with van der Waals surface area (Å²) in [6.07, 6.45) is 1.56. The van der Waals surface area contributed by atoms with Gasteiger partial charge in [-0.3, -0.25) is 4.79 Å². The first kappa shape index (κ1) is 21.9. The van der Waals surface area contributed by atoms with Gasteiger partial charge >= 0.3 is 0 Å². The lowest BCUT2D eigenvalue weighted by Gasteiger charge is -2.32. The van der Waals surface area contributed by atoms with Gasteiger partial charge in [0, 0.05) is 36.7 Å². The molecule has 0 unspecified atom stereocenters. The van der Waals surface area contributed by atoms with Crippen molar-refractivity contribution in [3.8, 4) is 17.1 Å². The van der Waals surface area contributed by atoms with Crippen molar-refractivity contribution < 1.29 is 9.53 Å². The quantitative estimate of drug-likeness (QED) is 0.477. The fourth-order valence-electron chi connectivity index (χ4n) is 4.38. The van der Waals surface area contributed by atoms with Crippen molar-refractivity contribution in [3.63, 3.8) is 0 Å². The summed E-state index contributed by atoms with van der Waals surface area (Å²) >= 11 is 0. The molecule has 1 aliphatic rings. The third kappa shape index (κ3) is 4.44. The van der Waals surface area contributed by atoms with Gasteiger partial charge in [-0.25, -0.2) is 0 Å². The molecule has 2 aromatic heterocycles. The van der Waals surface area contributed by atoms with Gasteiger partial charge in [-0.05, 0) is 38.0 Å². The third-order valence-electron chi connectivity index (χ3n) is 6.39. The third-order valence-corrected chi connectivity index (χ3v) is 6.39. The van der Waals surface area contributed by atoms with E-state index in [-0.39, 0.29) is 11.8 Å². The molecular formula is C26H28N6O2. The molecule has 8 heteroatoms. The Bertz CT molecular complexity index is 1290. The summed E-state index contributed by atoms with van der Waals surface area (Å²) < 4.78 is 7.17. The minimum absolute atomic E-state index is 0.00674. The van der Waals surface area contributed by atoms with Crippen LogP contribution < -0.4 is 15.0 Å². The summed E-state index contributed by atoms with van der Waals surface area (Å²) in [6, 6.07) is 19.9. The zero-order valence-electron chi connectivity index (χ0n) is 19.4. The van der Waals surface area contributed by atoms with Crippen LogP contribution in [0.5, 0.6) is 5.75 Å². The lowest BCUT2D eigenvalue weighted by atomic mass is 9.96. The van der Waals surface area contributed by atoms with E-state index >= 15 is 0 Å². The molecule has 1 amide bonds. The minimum Gasteiger partial charge on any atom is -0.496 e. The number of nitrogens with zero attached hydrogens (tertiary/aromatic N) is 5. The van der Waals surface area contributed by atoms with Crippen molar-refractivity contribution in [3.05, 3.63) is 71.8 Å². The van der Waals surface area contributed by atoms with Crippen LogP contribution in [0.1, 0.15) is 24.0 Å². The molecule has 2 aromatic carbocycles. The molecule has 174 valence electrons. The van der Waals surface area contributed by atoms with E-state index in [2.05, 4.69) is 39.5 Å². The Labute approximate surface area is 198 Å². The summed E-state index contributed by atoms with van der Waals surface area (Å²) in [4.78, 5) is 15.0. The molecule has 1 saturated heterocycles. The first-order valence-corrected chi connectivity index (χ1v) is 11.6. The number of aromatic nitrogens is 4. The fourth-order valence-corrected chi connectivity index (χ4v) is 4.38. The summed E-state index contributed by atoms with van der Waals surface area (Å²) in [5.74, 6) is 2.47. The van der Waals surface area contributed by atoms with Gasteiger partial charge in [0.05, 0.1) is 7.11 Å². The predicted molar refractivity (Wildman–Crippen MR) is 131 cm³/mol. The van der Waals surface area contributed by atoms with Crippen LogP contribution in [0, 0.1) is 12.8 Å². The average Bonchev–Trinajstić information content (AvgIpc) is 3.31.